The Morgan fingerprint density at radius 1 is 1.38 bits per heavy atom. The minimum absolute atomic E-state index is 0.202. The van der Waals surface area contributed by atoms with Crippen molar-refractivity contribution in [3.63, 3.8) is 0 Å². The Labute approximate surface area is 97.9 Å². The highest BCUT2D eigenvalue weighted by atomic mass is 16.3. The third-order valence-electron chi connectivity index (χ3n) is 2.79. The van der Waals surface area contributed by atoms with Gasteiger partial charge in [0, 0.05) is 31.4 Å². The molecule has 0 aliphatic carbocycles. The van der Waals surface area contributed by atoms with Gasteiger partial charge in [-0.3, -0.25) is 4.90 Å². The number of rotatable bonds is 6. The van der Waals surface area contributed by atoms with Crippen LogP contribution in [0.15, 0.2) is 12.5 Å². The van der Waals surface area contributed by atoms with E-state index in [1.807, 2.05) is 12.5 Å². The van der Waals surface area contributed by atoms with E-state index in [4.69, 9.17) is 5.11 Å². The van der Waals surface area contributed by atoms with E-state index in [9.17, 15) is 0 Å². The van der Waals surface area contributed by atoms with Crippen LogP contribution in [0, 0.1) is 0 Å². The van der Waals surface area contributed by atoms with Gasteiger partial charge in [-0.1, -0.05) is 0 Å². The molecule has 16 heavy (non-hydrogen) atoms. The average molecular weight is 225 g/mol. The van der Waals surface area contributed by atoms with Crippen LogP contribution < -0.4 is 0 Å². The molecule has 1 aromatic rings. The van der Waals surface area contributed by atoms with Gasteiger partial charge in [-0.05, 0) is 27.7 Å². The van der Waals surface area contributed by atoms with Gasteiger partial charge in [-0.25, -0.2) is 4.98 Å². The van der Waals surface area contributed by atoms with Gasteiger partial charge in [0.15, 0.2) is 0 Å². The predicted molar refractivity (Wildman–Crippen MR) is 65.2 cm³/mol. The molecule has 0 aromatic carbocycles. The first-order chi connectivity index (χ1) is 7.56. The van der Waals surface area contributed by atoms with Gasteiger partial charge in [0.1, 0.15) is 0 Å². The van der Waals surface area contributed by atoms with Crippen LogP contribution in [0.25, 0.3) is 0 Å². The number of aliphatic hydroxyl groups excluding tert-OH is 1. The molecule has 1 rings (SSSR count). The fraction of sp³-hybridized carbons (Fsp3) is 0.750. The quantitative estimate of drug-likeness (QED) is 0.800. The first-order valence-corrected chi connectivity index (χ1v) is 5.91. The molecule has 0 fully saturated rings. The van der Waals surface area contributed by atoms with Crippen molar-refractivity contribution in [1.82, 2.24) is 14.5 Å². The van der Waals surface area contributed by atoms with Crippen LogP contribution in [0.4, 0.5) is 0 Å². The molecule has 0 aliphatic heterocycles. The summed E-state index contributed by atoms with van der Waals surface area (Å²) in [4.78, 5) is 6.44. The molecule has 1 N–H and O–H groups in total. The lowest BCUT2D eigenvalue weighted by atomic mass is 10.2. The Balaban J connectivity index is 2.73. The van der Waals surface area contributed by atoms with E-state index in [0.29, 0.717) is 18.6 Å². The average Bonchev–Trinajstić information content (AvgIpc) is 2.65. The van der Waals surface area contributed by atoms with Crippen LogP contribution in [-0.2, 0) is 6.54 Å². The van der Waals surface area contributed by atoms with E-state index >= 15 is 0 Å². The number of imidazole rings is 1. The summed E-state index contributed by atoms with van der Waals surface area (Å²) in [6, 6.07) is 0.864. The van der Waals surface area contributed by atoms with Gasteiger partial charge in [-0.15, -0.1) is 0 Å². The van der Waals surface area contributed by atoms with E-state index in [1.54, 1.807) is 0 Å². The Morgan fingerprint density at radius 3 is 2.56 bits per heavy atom. The van der Waals surface area contributed by atoms with Crippen LogP contribution in [-0.4, -0.2) is 38.8 Å². The lowest BCUT2D eigenvalue weighted by Gasteiger charge is -2.26. The van der Waals surface area contributed by atoms with Gasteiger partial charge in [0.2, 0.25) is 0 Å². The zero-order valence-corrected chi connectivity index (χ0v) is 10.7. The van der Waals surface area contributed by atoms with E-state index in [1.165, 1.54) is 5.69 Å². The van der Waals surface area contributed by atoms with Crippen molar-refractivity contribution in [2.75, 3.05) is 13.2 Å². The first kappa shape index (κ1) is 13.2. The zero-order valence-electron chi connectivity index (χ0n) is 10.7. The maximum absolute atomic E-state index is 9.03. The molecule has 0 amide bonds. The summed E-state index contributed by atoms with van der Waals surface area (Å²) in [5.74, 6) is 0. The number of hydrogen-bond acceptors (Lipinski definition) is 3. The largest absolute Gasteiger partial charge is 0.395 e. The molecular weight excluding hydrogens is 202 g/mol. The van der Waals surface area contributed by atoms with Gasteiger partial charge in [0.25, 0.3) is 0 Å². The summed E-state index contributed by atoms with van der Waals surface area (Å²) in [6.07, 6.45) is 3.78. The maximum Gasteiger partial charge on any atom is 0.0951 e. The smallest absolute Gasteiger partial charge is 0.0951 e. The molecule has 0 saturated heterocycles. The SMILES string of the molecule is CC(C)N(CCO)Cc1cncn1C(C)C. The number of aliphatic hydroxyl groups is 1. The molecule has 0 aliphatic rings. The van der Waals surface area contributed by atoms with Crippen LogP contribution in [0.3, 0.4) is 0 Å². The van der Waals surface area contributed by atoms with Crippen molar-refractivity contribution < 1.29 is 5.11 Å². The minimum Gasteiger partial charge on any atom is -0.395 e. The monoisotopic (exact) mass is 225 g/mol. The van der Waals surface area contributed by atoms with E-state index in [-0.39, 0.29) is 6.61 Å². The molecule has 92 valence electrons. The second-order valence-corrected chi connectivity index (χ2v) is 4.67. The molecule has 0 atom stereocenters. The summed E-state index contributed by atoms with van der Waals surface area (Å²) in [5, 5.41) is 9.03. The van der Waals surface area contributed by atoms with Crippen molar-refractivity contribution >= 4 is 0 Å². The fourth-order valence-electron chi connectivity index (χ4n) is 1.78. The molecule has 1 aromatic heterocycles. The molecule has 4 nitrogen and oxygen atoms in total. The van der Waals surface area contributed by atoms with Crippen molar-refractivity contribution in [1.29, 1.82) is 0 Å². The minimum atomic E-state index is 0.202. The van der Waals surface area contributed by atoms with Crippen molar-refractivity contribution in [2.24, 2.45) is 0 Å². The second-order valence-electron chi connectivity index (χ2n) is 4.67. The highest BCUT2D eigenvalue weighted by Gasteiger charge is 2.13. The molecule has 0 saturated carbocycles. The summed E-state index contributed by atoms with van der Waals surface area (Å²) in [5.41, 5.74) is 1.21. The van der Waals surface area contributed by atoms with Crippen LogP contribution in [0.1, 0.15) is 39.4 Å². The summed E-state index contributed by atoms with van der Waals surface area (Å²) in [6.45, 7) is 10.3. The molecular formula is C12H23N3O. The Kier molecular flexibility index (Phi) is 4.96. The molecule has 0 spiro atoms. The van der Waals surface area contributed by atoms with Crippen LogP contribution >= 0.6 is 0 Å². The highest BCUT2D eigenvalue weighted by molar-refractivity contribution is 5.00. The highest BCUT2D eigenvalue weighted by Crippen LogP contribution is 2.12. The Hall–Kier alpha value is -0.870. The summed E-state index contributed by atoms with van der Waals surface area (Å²) < 4.78 is 2.17. The fourth-order valence-corrected chi connectivity index (χ4v) is 1.78. The lowest BCUT2D eigenvalue weighted by molar-refractivity contribution is 0.156. The summed E-state index contributed by atoms with van der Waals surface area (Å²) >= 11 is 0. The van der Waals surface area contributed by atoms with Gasteiger partial charge in [0.05, 0.1) is 18.6 Å². The molecule has 0 bridgehead atoms. The van der Waals surface area contributed by atoms with E-state index < -0.39 is 0 Å². The van der Waals surface area contributed by atoms with Crippen molar-refractivity contribution in [3.8, 4) is 0 Å². The van der Waals surface area contributed by atoms with Gasteiger partial charge in [-0.2, -0.15) is 0 Å². The van der Waals surface area contributed by atoms with E-state index in [0.717, 1.165) is 6.54 Å². The molecule has 0 unspecified atom stereocenters. The normalized spacial score (nSPS) is 12.0. The van der Waals surface area contributed by atoms with Gasteiger partial charge < -0.3 is 9.67 Å². The van der Waals surface area contributed by atoms with Crippen LogP contribution in [0.2, 0.25) is 0 Å². The van der Waals surface area contributed by atoms with Crippen molar-refractivity contribution in [3.05, 3.63) is 18.2 Å². The van der Waals surface area contributed by atoms with E-state index in [2.05, 4.69) is 42.1 Å². The Morgan fingerprint density at radius 2 is 2.06 bits per heavy atom. The standard InChI is InChI=1S/C12H23N3O/c1-10(2)14(5-6-16)8-12-7-13-9-15(12)11(3)4/h7,9-11,16H,5-6,8H2,1-4H3. The second kappa shape index (κ2) is 6.01. The lowest BCUT2D eigenvalue weighted by Crippen LogP contribution is -2.33. The third-order valence-corrected chi connectivity index (χ3v) is 2.79. The molecule has 4 heteroatoms. The number of hydrogen-bond donors (Lipinski definition) is 1. The third kappa shape index (κ3) is 3.32. The Bertz CT molecular complexity index is 307. The van der Waals surface area contributed by atoms with Gasteiger partial charge >= 0.3 is 0 Å². The first-order valence-electron chi connectivity index (χ1n) is 5.91. The number of aromatic nitrogens is 2. The van der Waals surface area contributed by atoms with Crippen LogP contribution in [0.5, 0.6) is 0 Å². The van der Waals surface area contributed by atoms with Crippen molar-refractivity contribution in [2.45, 2.75) is 46.3 Å². The predicted octanol–water partition coefficient (Wildman–Crippen LogP) is 1.67. The topological polar surface area (TPSA) is 41.3 Å². The maximum atomic E-state index is 9.03. The molecule has 0 radical (unpaired) electrons. The molecule has 1 heterocycles. The summed E-state index contributed by atoms with van der Waals surface area (Å²) in [7, 11) is 0. The number of nitrogens with zero attached hydrogens (tertiary/aromatic N) is 3. The zero-order chi connectivity index (χ0) is 12.1.